The highest BCUT2D eigenvalue weighted by Crippen LogP contribution is 2.28. The number of likely N-dealkylation sites (N-methyl/N-ethyl adjacent to an activating group) is 1. The molecule has 1 unspecified atom stereocenters. The van der Waals surface area contributed by atoms with Crippen LogP contribution in [0, 0.1) is 5.82 Å². The summed E-state index contributed by atoms with van der Waals surface area (Å²) in [5.74, 6) is -0.195. The first kappa shape index (κ1) is 13.8. The summed E-state index contributed by atoms with van der Waals surface area (Å²) in [7, 11) is 0. The highest BCUT2D eigenvalue weighted by Gasteiger charge is 2.16. The van der Waals surface area contributed by atoms with Gasteiger partial charge in [-0.25, -0.2) is 4.39 Å². The Hall–Kier alpha value is -2.13. The summed E-state index contributed by atoms with van der Waals surface area (Å²) in [6, 6.07) is 14.9. The van der Waals surface area contributed by atoms with Crippen LogP contribution >= 0.6 is 0 Å². The quantitative estimate of drug-likeness (QED) is 0.747. The number of hydrogen-bond acceptors (Lipinski definition) is 2. The van der Waals surface area contributed by atoms with E-state index in [0.29, 0.717) is 0 Å². The predicted octanol–water partition coefficient (Wildman–Crippen LogP) is 4.47. The molecule has 0 bridgehead atoms. The second-order valence-electron chi connectivity index (χ2n) is 5.13. The van der Waals surface area contributed by atoms with Gasteiger partial charge in [0.05, 0.1) is 6.26 Å². The maximum Gasteiger partial charge on any atom is 0.134 e. The smallest absolute Gasteiger partial charge is 0.134 e. The van der Waals surface area contributed by atoms with Crippen LogP contribution in [0.4, 0.5) is 4.39 Å². The lowest BCUT2D eigenvalue weighted by Crippen LogP contribution is -2.22. The third-order valence-electron chi connectivity index (χ3n) is 3.67. The fraction of sp³-hybridized carbons (Fsp3) is 0.222. The Morgan fingerprint density at radius 3 is 2.81 bits per heavy atom. The van der Waals surface area contributed by atoms with E-state index in [2.05, 4.69) is 18.3 Å². The number of rotatable bonds is 5. The van der Waals surface area contributed by atoms with Gasteiger partial charge >= 0.3 is 0 Å². The molecule has 1 aromatic heterocycles. The molecule has 0 saturated heterocycles. The zero-order valence-electron chi connectivity index (χ0n) is 12.0. The highest BCUT2D eigenvalue weighted by atomic mass is 19.1. The molecular formula is C18H18FNO. The zero-order valence-corrected chi connectivity index (χ0v) is 12.0. The Bertz CT molecular complexity index is 735. The van der Waals surface area contributed by atoms with Crippen molar-refractivity contribution in [3.05, 3.63) is 71.7 Å². The first-order valence-corrected chi connectivity index (χ1v) is 7.22. The molecule has 0 aliphatic heterocycles. The second kappa shape index (κ2) is 6.10. The van der Waals surface area contributed by atoms with Crippen molar-refractivity contribution in [3.8, 4) is 0 Å². The average molecular weight is 283 g/mol. The summed E-state index contributed by atoms with van der Waals surface area (Å²) < 4.78 is 19.0. The van der Waals surface area contributed by atoms with Gasteiger partial charge in [-0.15, -0.1) is 0 Å². The van der Waals surface area contributed by atoms with Crippen molar-refractivity contribution >= 4 is 11.0 Å². The van der Waals surface area contributed by atoms with Crippen LogP contribution in [0.5, 0.6) is 0 Å². The lowest BCUT2D eigenvalue weighted by Gasteiger charge is -2.17. The summed E-state index contributed by atoms with van der Waals surface area (Å²) in [6.07, 6.45) is 2.53. The van der Waals surface area contributed by atoms with E-state index in [1.54, 1.807) is 18.4 Å². The third-order valence-corrected chi connectivity index (χ3v) is 3.67. The van der Waals surface area contributed by atoms with E-state index in [1.165, 1.54) is 6.07 Å². The maximum absolute atomic E-state index is 13.4. The molecule has 1 atom stereocenters. The molecule has 3 heteroatoms. The van der Waals surface area contributed by atoms with Gasteiger partial charge in [0.1, 0.15) is 11.4 Å². The molecule has 1 heterocycles. The molecule has 21 heavy (non-hydrogen) atoms. The van der Waals surface area contributed by atoms with Crippen LogP contribution in [0.2, 0.25) is 0 Å². The summed E-state index contributed by atoms with van der Waals surface area (Å²) in [6.45, 7) is 2.92. The van der Waals surface area contributed by atoms with Crippen LogP contribution in [0.25, 0.3) is 11.0 Å². The van der Waals surface area contributed by atoms with Gasteiger partial charge in [-0.05, 0) is 36.7 Å². The largest absolute Gasteiger partial charge is 0.464 e. The molecule has 0 aliphatic carbocycles. The fourth-order valence-electron chi connectivity index (χ4n) is 2.71. The number of halogens is 1. The zero-order chi connectivity index (χ0) is 14.7. The van der Waals surface area contributed by atoms with E-state index in [4.69, 9.17) is 4.42 Å². The summed E-state index contributed by atoms with van der Waals surface area (Å²) in [5.41, 5.74) is 2.98. The number of hydrogen-bond donors (Lipinski definition) is 1. The van der Waals surface area contributed by atoms with Gasteiger partial charge in [0.2, 0.25) is 0 Å². The first-order valence-electron chi connectivity index (χ1n) is 7.22. The van der Waals surface area contributed by atoms with Gasteiger partial charge < -0.3 is 9.73 Å². The normalized spacial score (nSPS) is 12.7. The van der Waals surface area contributed by atoms with Gasteiger partial charge in [0, 0.05) is 17.0 Å². The molecule has 0 radical (unpaired) electrons. The molecule has 3 aromatic rings. The minimum Gasteiger partial charge on any atom is -0.464 e. The molecule has 3 rings (SSSR count). The van der Waals surface area contributed by atoms with Crippen LogP contribution in [-0.4, -0.2) is 6.54 Å². The van der Waals surface area contributed by atoms with Gasteiger partial charge in [-0.2, -0.15) is 0 Å². The van der Waals surface area contributed by atoms with E-state index >= 15 is 0 Å². The Labute approximate surface area is 123 Å². The molecule has 0 spiro atoms. The predicted molar refractivity (Wildman–Crippen MR) is 82.7 cm³/mol. The van der Waals surface area contributed by atoms with Crippen LogP contribution in [-0.2, 0) is 6.42 Å². The van der Waals surface area contributed by atoms with E-state index in [0.717, 1.165) is 35.1 Å². The summed E-state index contributed by atoms with van der Waals surface area (Å²) >= 11 is 0. The molecule has 0 aliphatic rings. The summed E-state index contributed by atoms with van der Waals surface area (Å²) in [5, 5.41) is 4.57. The first-order chi connectivity index (χ1) is 10.3. The third kappa shape index (κ3) is 2.98. The molecule has 108 valence electrons. The van der Waals surface area contributed by atoms with Gasteiger partial charge in [-0.1, -0.05) is 37.3 Å². The Kier molecular flexibility index (Phi) is 4.02. The van der Waals surface area contributed by atoms with Gasteiger partial charge in [0.25, 0.3) is 0 Å². The van der Waals surface area contributed by atoms with Crippen LogP contribution in [0.15, 0.2) is 59.2 Å². The molecule has 2 aromatic carbocycles. The van der Waals surface area contributed by atoms with E-state index in [9.17, 15) is 4.39 Å². The number of para-hydroxylation sites is 1. The Morgan fingerprint density at radius 2 is 2.00 bits per heavy atom. The van der Waals surface area contributed by atoms with Crippen molar-refractivity contribution < 1.29 is 8.81 Å². The molecule has 0 saturated carbocycles. The molecule has 0 fully saturated rings. The molecule has 2 nitrogen and oxygen atoms in total. The second-order valence-corrected chi connectivity index (χ2v) is 5.13. The fourth-order valence-corrected chi connectivity index (χ4v) is 2.71. The number of nitrogens with one attached hydrogen (secondary N) is 1. The lowest BCUT2D eigenvalue weighted by atomic mass is 9.98. The van der Waals surface area contributed by atoms with Crippen molar-refractivity contribution in [3.63, 3.8) is 0 Å². The van der Waals surface area contributed by atoms with E-state index in [-0.39, 0.29) is 11.9 Å². The monoisotopic (exact) mass is 283 g/mol. The van der Waals surface area contributed by atoms with Crippen LogP contribution in [0.1, 0.15) is 24.1 Å². The number of fused-ring (bicyclic) bond motifs is 1. The average Bonchev–Trinajstić information content (AvgIpc) is 2.91. The standard InChI is InChI=1S/C18H18FNO/c1-2-20-17(11-13-6-5-7-14(19)10-13)16-12-21-18-9-4-3-8-15(16)18/h3-10,12,17,20H,2,11H2,1H3. The van der Waals surface area contributed by atoms with Gasteiger partial charge in [-0.3, -0.25) is 0 Å². The van der Waals surface area contributed by atoms with Crippen LogP contribution in [0.3, 0.4) is 0 Å². The summed E-state index contributed by atoms with van der Waals surface area (Å²) in [4.78, 5) is 0. The van der Waals surface area contributed by atoms with E-state index in [1.807, 2.05) is 24.3 Å². The molecule has 1 N–H and O–H groups in total. The SMILES string of the molecule is CCNC(Cc1cccc(F)c1)c1coc2ccccc12. The minimum atomic E-state index is -0.195. The maximum atomic E-state index is 13.4. The Morgan fingerprint density at radius 1 is 1.14 bits per heavy atom. The van der Waals surface area contributed by atoms with Crippen molar-refractivity contribution in [1.82, 2.24) is 5.32 Å². The highest BCUT2D eigenvalue weighted by molar-refractivity contribution is 5.81. The van der Waals surface area contributed by atoms with Gasteiger partial charge in [0.15, 0.2) is 0 Å². The lowest BCUT2D eigenvalue weighted by molar-refractivity contribution is 0.533. The van der Waals surface area contributed by atoms with Crippen molar-refractivity contribution in [2.45, 2.75) is 19.4 Å². The number of benzene rings is 2. The minimum absolute atomic E-state index is 0.112. The molecular weight excluding hydrogens is 265 g/mol. The van der Waals surface area contributed by atoms with Crippen molar-refractivity contribution in [2.75, 3.05) is 6.54 Å². The van der Waals surface area contributed by atoms with E-state index < -0.39 is 0 Å². The van der Waals surface area contributed by atoms with Crippen molar-refractivity contribution in [2.24, 2.45) is 0 Å². The van der Waals surface area contributed by atoms with Crippen molar-refractivity contribution in [1.29, 1.82) is 0 Å². The topological polar surface area (TPSA) is 25.2 Å². The van der Waals surface area contributed by atoms with Crippen LogP contribution < -0.4 is 5.32 Å². The Balaban J connectivity index is 1.94. The molecule has 0 amide bonds. The number of furan rings is 1.